The predicted octanol–water partition coefficient (Wildman–Crippen LogP) is 1.17. The Morgan fingerprint density at radius 2 is 2.05 bits per heavy atom. The highest BCUT2D eigenvalue weighted by Crippen LogP contribution is 2.43. The van der Waals surface area contributed by atoms with Gasteiger partial charge in [-0.15, -0.1) is 0 Å². The van der Waals surface area contributed by atoms with Crippen LogP contribution in [0.3, 0.4) is 0 Å². The first kappa shape index (κ1) is 12.8. The maximum Gasteiger partial charge on any atom is 0.310 e. The van der Waals surface area contributed by atoms with Crippen LogP contribution < -0.4 is 5.32 Å². The minimum atomic E-state index is -0.428. The molecule has 0 radical (unpaired) electrons. The number of carbonyl (C=O) groups excluding carboxylic acids is 2. The highest BCUT2D eigenvalue weighted by Gasteiger charge is 2.40. The van der Waals surface area contributed by atoms with Crippen molar-refractivity contribution in [3.63, 3.8) is 0 Å². The molecule has 2 aliphatic rings. The number of fused-ring (bicyclic) bond motifs is 2. The van der Waals surface area contributed by atoms with E-state index in [1.165, 1.54) is 12.4 Å². The Balaban J connectivity index is 1.46. The zero-order chi connectivity index (χ0) is 13.9. The van der Waals surface area contributed by atoms with E-state index in [1.807, 2.05) is 0 Å². The van der Waals surface area contributed by atoms with Crippen molar-refractivity contribution >= 4 is 17.8 Å². The number of amides is 1. The van der Waals surface area contributed by atoms with Crippen molar-refractivity contribution in [1.82, 2.24) is 9.97 Å². The highest BCUT2D eigenvalue weighted by molar-refractivity contribution is 5.91. The number of nitrogens with one attached hydrogen (secondary N) is 1. The zero-order valence-electron chi connectivity index (χ0n) is 10.9. The van der Waals surface area contributed by atoms with Gasteiger partial charge in [0.05, 0.1) is 5.92 Å². The summed E-state index contributed by atoms with van der Waals surface area (Å²) in [4.78, 5) is 31.3. The smallest absolute Gasteiger partial charge is 0.310 e. The fraction of sp³-hybridized carbons (Fsp3) is 0.429. The van der Waals surface area contributed by atoms with Crippen molar-refractivity contribution in [2.24, 2.45) is 17.8 Å². The lowest BCUT2D eigenvalue weighted by Gasteiger charge is -2.16. The predicted molar refractivity (Wildman–Crippen MR) is 70.5 cm³/mol. The highest BCUT2D eigenvalue weighted by atomic mass is 16.5. The molecule has 0 unspecified atom stereocenters. The summed E-state index contributed by atoms with van der Waals surface area (Å²) in [6.45, 7) is -0.297. The van der Waals surface area contributed by atoms with Crippen LogP contribution in [0.25, 0.3) is 0 Å². The quantitative estimate of drug-likeness (QED) is 0.658. The molecule has 104 valence electrons. The molecule has 0 saturated heterocycles. The zero-order valence-corrected chi connectivity index (χ0v) is 10.9. The van der Waals surface area contributed by atoms with Crippen LogP contribution >= 0.6 is 0 Å². The Morgan fingerprint density at radius 1 is 1.25 bits per heavy atom. The molecular weight excluding hydrogens is 258 g/mol. The van der Waals surface area contributed by atoms with Gasteiger partial charge in [-0.1, -0.05) is 12.2 Å². The molecule has 2 aliphatic carbocycles. The molecule has 1 fully saturated rings. The van der Waals surface area contributed by atoms with Crippen molar-refractivity contribution in [1.29, 1.82) is 0 Å². The van der Waals surface area contributed by atoms with Crippen LogP contribution in [0.2, 0.25) is 0 Å². The van der Waals surface area contributed by atoms with Crippen molar-refractivity contribution < 1.29 is 14.3 Å². The van der Waals surface area contributed by atoms with Gasteiger partial charge >= 0.3 is 5.97 Å². The molecule has 3 rings (SSSR count). The number of allylic oxidation sites excluding steroid dienone is 2. The van der Waals surface area contributed by atoms with Crippen LogP contribution in [-0.4, -0.2) is 28.5 Å². The maximum absolute atomic E-state index is 11.9. The summed E-state index contributed by atoms with van der Waals surface area (Å²) in [5, 5.41) is 2.47. The summed E-state index contributed by atoms with van der Waals surface area (Å²) < 4.78 is 5.07. The molecule has 3 atom stereocenters. The van der Waals surface area contributed by atoms with Gasteiger partial charge in [-0.05, 0) is 30.7 Å². The lowest BCUT2D eigenvalue weighted by molar-refractivity contribution is -0.152. The van der Waals surface area contributed by atoms with Crippen molar-refractivity contribution in [3.05, 3.63) is 30.6 Å². The number of rotatable bonds is 4. The summed E-state index contributed by atoms with van der Waals surface area (Å²) in [7, 11) is 0. The minimum absolute atomic E-state index is 0.0919. The van der Waals surface area contributed by atoms with Crippen LogP contribution in [0.15, 0.2) is 30.6 Å². The van der Waals surface area contributed by atoms with Gasteiger partial charge in [-0.3, -0.25) is 14.9 Å². The van der Waals surface area contributed by atoms with E-state index >= 15 is 0 Å². The third kappa shape index (κ3) is 2.68. The number of carbonyl (C=O) groups is 2. The molecule has 0 spiro atoms. The molecule has 1 amide bonds. The van der Waals surface area contributed by atoms with Gasteiger partial charge in [0.2, 0.25) is 5.95 Å². The van der Waals surface area contributed by atoms with E-state index in [9.17, 15) is 9.59 Å². The Kier molecular flexibility index (Phi) is 3.45. The molecule has 1 N–H and O–H groups in total. The molecular formula is C14H15N3O3. The normalized spacial score (nSPS) is 26.5. The second kappa shape index (κ2) is 5.40. The molecule has 6 nitrogen and oxygen atoms in total. The van der Waals surface area contributed by atoms with Gasteiger partial charge in [0.15, 0.2) is 6.61 Å². The van der Waals surface area contributed by atoms with E-state index < -0.39 is 5.91 Å². The summed E-state index contributed by atoms with van der Waals surface area (Å²) >= 11 is 0. The average Bonchev–Trinajstić information content (AvgIpc) is 3.08. The van der Waals surface area contributed by atoms with Gasteiger partial charge in [0.25, 0.3) is 5.91 Å². The first-order chi connectivity index (χ1) is 9.72. The van der Waals surface area contributed by atoms with Crippen molar-refractivity contribution in [2.75, 3.05) is 11.9 Å². The molecule has 0 aromatic carbocycles. The van der Waals surface area contributed by atoms with Gasteiger partial charge in [0, 0.05) is 12.4 Å². The Hall–Kier alpha value is -2.24. The average molecular weight is 273 g/mol. The number of esters is 1. The lowest BCUT2D eigenvalue weighted by Crippen LogP contribution is -2.27. The molecule has 20 heavy (non-hydrogen) atoms. The second-order valence-electron chi connectivity index (χ2n) is 5.12. The number of aromatic nitrogens is 2. The summed E-state index contributed by atoms with van der Waals surface area (Å²) in [5.74, 6) is 0.188. The van der Waals surface area contributed by atoms with Crippen LogP contribution in [0, 0.1) is 17.8 Å². The molecule has 1 aromatic rings. The summed E-state index contributed by atoms with van der Waals surface area (Å²) in [6, 6.07) is 1.65. The third-order valence-electron chi connectivity index (χ3n) is 3.74. The van der Waals surface area contributed by atoms with Crippen LogP contribution in [-0.2, 0) is 14.3 Å². The van der Waals surface area contributed by atoms with Gasteiger partial charge in [-0.25, -0.2) is 9.97 Å². The Bertz CT molecular complexity index is 544. The molecule has 1 saturated carbocycles. The topological polar surface area (TPSA) is 81.2 Å². The number of nitrogens with zero attached hydrogens (tertiary/aromatic N) is 2. The van der Waals surface area contributed by atoms with Gasteiger partial charge < -0.3 is 4.74 Å². The number of hydrogen-bond donors (Lipinski definition) is 1. The molecule has 1 aromatic heterocycles. The first-order valence-corrected chi connectivity index (χ1v) is 6.64. The van der Waals surface area contributed by atoms with E-state index in [1.54, 1.807) is 6.07 Å². The van der Waals surface area contributed by atoms with E-state index in [0.717, 1.165) is 12.8 Å². The Labute approximate surface area is 116 Å². The number of ether oxygens (including phenoxy) is 1. The number of hydrogen-bond acceptors (Lipinski definition) is 5. The monoisotopic (exact) mass is 273 g/mol. The SMILES string of the molecule is O=C(COC(=O)[C@@H]1C[C@H]2C=C[C@H]1C2)Nc1ncccn1. The molecule has 0 aliphatic heterocycles. The lowest BCUT2D eigenvalue weighted by atomic mass is 9.94. The van der Waals surface area contributed by atoms with Crippen molar-refractivity contribution in [2.45, 2.75) is 12.8 Å². The molecule has 1 heterocycles. The van der Waals surface area contributed by atoms with Gasteiger partial charge in [-0.2, -0.15) is 0 Å². The van der Waals surface area contributed by atoms with E-state index in [0.29, 0.717) is 5.92 Å². The maximum atomic E-state index is 11.9. The first-order valence-electron chi connectivity index (χ1n) is 6.64. The Morgan fingerprint density at radius 3 is 2.70 bits per heavy atom. The largest absolute Gasteiger partial charge is 0.455 e. The van der Waals surface area contributed by atoms with Crippen LogP contribution in [0.5, 0.6) is 0 Å². The standard InChI is InChI=1S/C14H15N3O3/c18-12(17-14-15-4-1-5-16-14)8-20-13(19)11-7-9-2-3-10(11)6-9/h1-5,9-11H,6-8H2,(H,15,16,17,18)/t9-,10-,11+/m0/s1. The van der Waals surface area contributed by atoms with Gasteiger partial charge in [0.1, 0.15) is 0 Å². The second-order valence-corrected chi connectivity index (χ2v) is 5.12. The van der Waals surface area contributed by atoms with E-state index in [2.05, 4.69) is 27.4 Å². The fourth-order valence-corrected chi connectivity index (χ4v) is 2.82. The summed E-state index contributed by atoms with van der Waals surface area (Å²) in [6.07, 6.45) is 9.16. The third-order valence-corrected chi connectivity index (χ3v) is 3.74. The minimum Gasteiger partial charge on any atom is -0.455 e. The van der Waals surface area contributed by atoms with Crippen molar-refractivity contribution in [3.8, 4) is 0 Å². The molecule has 6 heteroatoms. The summed E-state index contributed by atoms with van der Waals surface area (Å²) in [5.41, 5.74) is 0. The molecule has 2 bridgehead atoms. The van der Waals surface area contributed by atoms with E-state index in [-0.39, 0.29) is 30.4 Å². The van der Waals surface area contributed by atoms with Crippen LogP contribution in [0.1, 0.15) is 12.8 Å². The van der Waals surface area contributed by atoms with E-state index in [4.69, 9.17) is 4.74 Å². The fourth-order valence-electron chi connectivity index (χ4n) is 2.82. The number of anilines is 1. The van der Waals surface area contributed by atoms with Crippen LogP contribution in [0.4, 0.5) is 5.95 Å².